The van der Waals surface area contributed by atoms with E-state index in [1.807, 2.05) is 20.0 Å². The summed E-state index contributed by atoms with van der Waals surface area (Å²) in [6.45, 7) is 8.51. The number of amides is 1. The zero-order valence-electron chi connectivity index (χ0n) is 19.1. The molecule has 1 fully saturated rings. The van der Waals surface area contributed by atoms with Crippen molar-refractivity contribution in [2.24, 2.45) is 7.05 Å². The van der Waals surface area contributed by atoms with Crippen molar-refractivity contribution in [1.29, 1.82) is 0 Å². The number of nitrogens with zero attached hydrogens (tertiary/aromatic N) is 4. The Hall–Kier alpha value is -3.20. The molecule has 0 bridgehead atoms. The molecule has 32 heavy (non-hydrogen) atoms. The molecule has 170 valence electrons. The van der Waals surface area contributed by atoms with E-state index >= 15 is 0 Å². The van der Waals surface area contributed by atoms with Crippen LogP contribution in [0.2, 0.25) is 0 Å². The number of aromatic nitrogens is 4. The summed E-state index contributed by atoms with van der Waals surface area (Å²) >= 11 is 0. The number of fused-ring (bicyclic) bond motifs is 1. The number of hydrogen-bond donors (Lipinski definition) is 1. The largest absolute Gasteiger partial charge is 0.474 e. The molecule has 0 aromatic carbocycles. The molecule has 1 aliphatic heterocycles. The van der Waals surface area contributed by atoms with Crippen LogP contribution >= 0.6 is 0 Å². The second kappa shape index (κ2) is 8.38. The smallest absolute Gasteiger partial charge is 0.274 e. The van der Waals surface area contributed by atoms with Crippen LogP contribution in [0.5, 0.6) is 5.88 Å². The van der Waals surface area contributed by atoms with Gasteiger partial charge in [0.25, 0.3) is 11.5 Å². The molecule has 1 amide bonds. The van der Waals surface area contributed by atoms with Crippen molar-refractivity contribution in [1.82, 2.24) is 18.9 Å². The molecule has 1 N–H and O–H groups in total. The second-order valence-electron chi connectivity index (χ2n) is 8.97. The van der Waals surface area contributed by atoms with Gasteiger partial charge in [0.05, 0.1) is 24.5 Å². The van der Waals surface area contributed by atoms with Crippen molar-refractivity contribution in [2.75, 3.05) is 11.9 Å². The van der Waals surface area contributed by atoms with Crippen molar-refractivity contribution in [3.8, 4) is 5.88 Å². The first kappa shape index (κ1) is 22.0. The van der Waals surface area contributed by atoms with E-state index in [1.165, 1.54) is 4.57 Å². The first-order valence-electron chi connectivity index (χ1n) is 10.8. The van der Waals surface area contributed by atoms with E-state index in [0.717, 1.165) is 18.5 Å². The monoisotopic (exact) mass is 439 g/mol. The predicted octanol–water partition coefficient (Wildman–Crippen LogP) is 2.92. The van der Waals surface area contributed by atoms with Gasteiger partial charge in [-0.1, -0.05) is 6.92 Å². The summed E-state index contributed by atoms with van der Waals surface area (Å²) in [5.74, 6) is 0.144. The van der Waals surface area contributed by atoms with Gasteiger partial charge in [0.15, 0.2) is 0 Å². The molecule has 0 spiro atoms. The summed E-state index contributed by atoms with van der Waals surface area (Å²) in [5.41, 5.74) is 0.743. The predicted molar refractivity (Wildman–Crippen MR) is 120 cm³/mol. The van der Waals surface area contributed by atoms with Crippen molar-refractivity contribution >= 4 is 17.4 Å². The van der Waals surface area contributed by atoms with Gasteiger partial charge in [-0.2, -0.15) is 4.98 Å². The second-order valence-corrected chi connectivity index (χ2v) is 8.97. The third kappa shape index (κ3) is 4.25. The topological polar surface area (TPSA) is 99.8 Å². The van der Waals surface area contributed by atoms with Crippen LogP contribution in [0.1, 0.15) is 56.6 Å². The fraction of sp³-hybridized carbons (Fsp3) is 0.478. The molecule has 0 radical (unpaired) electrons. The summed E-state index contributed by atoms with van der Waals surface area (Å²) in [6, 6.07) is 3.26. The standard InChI is InChI=1S/C23H29N5O4/c1-14(2)32-20-16(19(29)24-17-7-6-10-27(5)21(17)30)11-28-12-18(25-22(28)26-20)23(4)9-8-15(3)31-13-23/h6-7,10-12,14-15H,8-9,13H2,1-5H3,(H,24,29)/t15?,23-/m0/s1. The van der Waals surface area contributed by atoms with Gasteiger partial charge in [-0.15, -0.1) is 0 Å². The van der Waals surface area contributed by atoms with Gasteiger partial charge in [-0.25, -0.2) is 4.98 Å². The molecule has 9 heteroatoms. The zero-order chi connectivity index (χ0) is 23.0. The average Bonchev–Trinajstić information content (AvgIpc) is 3.16. The molecule has 1 unspecified atom stereocenters. The lowest BCUT2D eigenvalue weighted by atomic mass is 9.81. The van der Waals surface area contributed by atoms with Gasteiger partial charge < -0.3 is 19.4 Å². The highest BCUT2D eigenvalue weighted by Crippen LogP contribution is 2.34. The van der Waals surface area contributed by atoms with Crippen molar-refractivity contribution in [2.45, 2.75) is 58.2 Å². The van der Waals surface area contributed by atoms with Gasteiger partial charge in [0.1, 0.15) is 11.3 Å². The number of ether oxygens (including phenoxy) is 2. The SMILES string of the molecule is CC(C)Oc1nc2nc([C@@]3(C)CCC(C)OC3)cn2cc1C(=O)Nc1cccn(C)c1=O. The van der Waals surface area contributed by atoms with Crippen LogP contribution < -0.4 is 15.6 Å². The van der Waals surface area contributed by atoms with Crippen LogP contribution in [0.25, 0.3) is 5.78 Å². The Morgan fingerprint density at radius 2 is 2.12 bits per heavy atom. The summed E-state index contributed by atoms with van der Waals surface area (Å²) in [4.78, 5) is 34.7. The Balaban J connectivity index is 1.73. The first-order chi connectivity index (χ1) is 15.2. The molecule has 4 rings (SSSR count). The molecule has 1 saturated heterocycles. The van der Waals surface area contributed by atoms with Crippen LogP contribution in [-0.2, 0) is 17.2 Å². The molecule has 3 aromatic rings. The van der Waals surface area contributed by atoms with Gasteiger partial charge >= 0.3 is 0 Å². The van der Waals surface area contributed by atoms with E-state index in [9.17, 15) is 9.59 Å². The molecule has 0 aliphatic carbocycles. The van der Waals surface area contributed by atoms with E-state index in [1.54, 1.807) is 36.0 Å². The number of anilines is 1. The van der Waals surface area contributed by atoms with E-state index in [-0.39, 0.29) is 40.3 Å². The Kier molecular flexibility index (Phi) is 5.77. The van der Waals surface area contributed by atoms with Gasteiger partial charge in [0.2, 0.25) is 11.7 Å². The minimum Gasteiger partial charge on any atom is -0.474 e. The molecular formula is C23H29N5O4. The number of aryl methyl sites for hydroxylation is 1. The Bertz CT molecular complexity index is 1200. The number of pyridine rings is 1. The van der Waals surface area contributed by atoms with Gasteiger partial charge in [-0.05, 0) is 45.7 Å². The number of imidazole rings is 1. The van der Waals surface area contributed by atoms with Gasteiger partial charge in [-0.3, -0.25) is 14.0 Å². The molecule has 9 nitrogen and oxygen atoms in total. The van der Waals surface area contributed by atoms with E-state index < -0.39 is 5.91 Å². The van der Waals surface area contributed by atoms with Crippen LogP contribution in [0, 0.1) is 0 Å². The maximum absolute atomic E-state index is 13.1. The normalized spacial score (nSPS) is 21.1. The lowest BCUT2D eigenvalue weighted by molar-refractivity contribution is -0.0162. The number of nitrogens with one attached hydrogen (secondary N) is 1. The van der Waals surface area contributed by atoms with Crippen molar-refractivity contribution in [3.05, 3.63) is 52.3 Å². The molecule has 0 saturated carbocycles. The molecular weight excluding hydrogens is 410 g/mol. The third-order valence-electron chi connectivity index (χ3n) is 5.78. The van der Waals surface area contributed by atoms with Gasteiger partial charge in [0, 0.05) is 31.1 Å². The summed E-state index contributed by atoms with van der Waals surface area (Å²) < 4.78 is 14.8. The summed E-state index contributed by atoms with van der Waals surface area (Å²) in [6.07, 6.45) is 7.12. The number of carbonyl (C=O) groups is 1. The Morgan fingerprint density at radius 3 is 2.81 bits per heavy atom. The fourth-order valence-corrected chi connectivity index (χ4v) is 3.75. The maximum Gasteiger partial charge on any atom is 0.274 e. The quantitative estimate of drug-likeness (QED) is 0.656. The Labute approximate surface area is 186 Å². The maximum atomic E-state index is 13.1. The Morgan fingerprint density at radius 1 is 1.34 bits per heavy atom. The zero-order valence-corrected chi connectivity index (χ0v) is 19.1. The highest BCUT2D eigenvalue weighted by Gasteiger charge is 2.35. The number of carbonyl (C=O) groups excluding carboxylic acids is 1. The van der Waals surface area contributed by atoms with Crippen LogP contribution in [0.4, 0.5) is 5.69 Å². The fourth-order valence-electron chi connectivity index (χ4n) is 3.75. The number of rotatable bonds is 5. The van der Waals surface area contributed by atoms with E-state index in [0.29, 0.717) is 12.4 Å². The van der Waals surface area contributed by atoms with Crippen LogP contribution in [0.15, 0.2) is 35.5 Å². The van der Waals surface area contributed by atoms with Crippen molar-refractivity contribution < 1.29 is 14.3 Å². The minimum absolute atomic E-state index is 0.175. The number of hydrogen-bond acceptors (Lipinski definition) is 6. The molecule has 1 aliphatic rings. The first-order valence-corrected chi connectivity index (χ1v) is 10.8. The molecule has 4 heterocycles. The molecule has 2 atom stereocenters. The summed E-state index contributed by atoms with van der Waals surface area (Å²) in [7, 11) is 1.63. The molecule has 3 aromatic heterocycles. The lowest BCUT2D eigenvalue weighted by Crippen LogP contribution is -2.36. The summed E-state index contributed by atoms with van der Waals surface area (Å²) in [5, 5.41) is 2.68. The third-order valence-corrected chi connectivity index (χ3v) is 5.78. The van der Waals surface area contributed by atoms with Crippen molar-refractivity contribution in [3.63, 3.8) is 0 Å². The van der Waals surface area contributed by atoms with Crippen LogP contribution in [0.3, 0.4) is 0 Å². The highest BCUT2D eigenvalue weighted by atomic mass is 16.5. The van der Waals surface area contributed by atoms with Crippen LogP contribution in [-0.4, -0.2) is 43.7 Å². The average molecular weight is 440 g/mol. The van der Waals surface area contributed by atoms with E-state index in [4.69, 9.17) is 14.5 Å². The minimum atomic E-state index is -0.477. The lowest BCUT2D eigenvalue weighted by Gasteiger charge is -2.34. The van der Waals surface area contributed by atoms with E-state index in [2.05, 4.69) is 24.1 Å². The highest BCUT2D eigenvalue weighted by molar-refractivity contribution is 6.05.